The summed E-state index contributed by atoms with van der Waals surface area (Å²) in [5.74, 6) is -0.0476. The first-order chi connectivity index (χ1) is 4.86. The maximum absolute atomic E-state index is 10.3. The highest BCUT2D eigenvalue weighted by Gasteiger charge is 2.30. The van der Waals surface area contributed by atoms with Gasteiger partial charge in [0.2, 0.25) is 5.54 Å². The third-order valence-electron chi connectivity index (χ3n) is 1.38. The van der Waals surface area contributed by atoms with Crippen LogP contribution < -0.4 is 0 Å². The molecule has 0 saturated carbocycles. The van der Waals surface area contributed by atoms with E-state index in [9.17, 15) is 14.3 Å². The first-order valence-corrected chi connectivity index (χ1v) is 4.36. The molecule has 0 aliphatic carbocycles. The van der Waals surface area contributed by atoms with E-state index in [4.69, 9.17) is 4.55 Å². The third-order valence-corrected chi connectivity index (χ3v) is 1.94. The second-order valence-electron chi connectivity index (χ2n) is 2.85. The van der Waals surface area contributed by atoms with E-state index in [-0.39, 0.29) is 12.2 Å². The minimum absolute atomic E-state index is 0.0476. The van der Waals surface area contributed by atoms with Gasteiger partial charge in [0, 0.05) is 25.2 Å². The molecule has 66 valence electrons. The van der Waals surface area contributed by atoms with Gasteiger partial charge >= 0.3 is 0 Å². The maximum Gasteiger partial charge on any atom is 0.217 e. The van der Waals surface area contributed by atoms with Gasteiger partial charge in [0.05, 0.1) is 5.75 Å². The van der Waals surface area contributed by atoms with E-state index >= 15 is 0 Å². The van der Waals surface area contributed by atoms with Crippen molar-refractivity contribution >= 4 is 11.1 Å². The van der Waals surface area contributed by atoms with Gasteiger partial charge in [-0.25, -0.2) is 4.21 Å². The molecule has 0 saturated heterocycles. The van der Waals surface area contributed by atoms with Gasteiger partial charge in [0.25, 0.3) is 0 Å². The predicted octanol–water partition coefficient (Wildman–Crippen LogP) is 0.653. The molecular formula is C5H11NO4S. The molecule has 0 aliphatic rings. The summed E-state index contributed by atoms with van der Waals surface area (Å²) >= 11 is -1.93. The molecule has 1 atom stereocenters. The molecule has 1 unspecified atom stereocenters. The van der Waals surface area contributed by atoms with Crippen molar-refractivity contribution in [3.05, 3.63) is 10.1 Å². The van der Waals surface area contributed by atoms with Crippen molar-refractivity contribution in [1.82, 2.24) is 0 Å². The third kappa shape index (κ3) is 4.05. The number of nitro groups is 1. The second kappa shape index (κ2) is 3.77. The topological polar surface area (TPSA) is 80.4 Å². The summed E-state index contributed by atoms with van der Waals surface area (Å²) in [5.41, 5.74) is -1.10. The van der Waals surface area contributed by atoms with E-state index in [2.05, 4.69) is 0 Å². The van der Waals surface area contributed by atoms with E-state index in [1.807, 2.05) is 0 Å². The normalized spacial score (nSPS) is 14.5. The van der Waals surface area contributed by atoms with E-state index in [1.165, 1.54) is 13.8 Å². The fourth-order valence-corrected chi connectivity index (χ4v) is 1.10. The summed E-state index contributed by atoms with van der Waals surface area (Å²) < 4.78 is 18.5. The first kappa shape index (κ1) is 10.5. The average Bonchev–Trinajstić information content (AvgIpc) is 1.84. The number of hydrogen-bond acceptors (Lipinski definition) is 3. The maximum atomic E-state index is 10.3. The van der Waals surface area contributed by atoms with Crippen molar-refractivity contribution in [2.75, 3.05) is 5.75 Å². The summed E-state index contributed by atoms with van der Waals surface area (Å²) in [7, 11) is 0. The van der Waals surface area contributed by atoms with Crippen LogP contribution in [-0.2, 0) is 11.1 Å². The lowest BCUT2D eigenvalue weighted by Crippen LogP contribution is -2.32. The lowest BCUT2D eigenvalue weighted by atomic mass is 10.0. The zero-order valence-electron chi connectivity index (χ0n) is 6.44. The van der Waals surface area contributed by atoms with Gasteiger partial charge in [0.1, 0.15) is 0 Å². The highest BCUT2D eigenvalue weighted by atomic mass is 32.2. The molecule has 0 radical (unpaired) electrons. The molecule has 0 rings (SSSR count). The molecule has 0 amide bonds. The van der Waals surface area contributed by atoms with Gasteiger partial charge in [-0.1, -0.05) is 0 Å². The van der Waals surface area contributed by atoms with Crippen molar-refractivity contribution in [2.45, 2.75) is 25.8 Å². The van der Waals surface area contributed by atoms with Crippen molar-refractivity contribution < 1.29 is 13.7 Å². The Balaban J connectivity index is 3.92. The molecule has 0 fully saturated rings. The molecule has 0 spiro atoms. The first-order valence-electron chi connectivity index (χ1n) is 3.08. The van der Waals surface area contributed by atoms with Crippen LogP contribution in [0.15, 0.2) is 0 Å². The number of hydrogen-bond donors (Lipinski definition) is 1. The molecule has 0 aromatic carbocycles. The average molecular weight is 181 g/mol. The van der Waals surface area contributed by atoms with Gasteiger partial charge in [-0.15, -0.1) is 0 Å². The molecule has 11 heavy (non-hydrogen) atoms. The monoisotopic (exact) mass is 181 g/mol. The van der Waals surface area contributed by atoms with Crippen LogP contribution in [0.2, 0.25) is 0 Å². The number of rotatable bonds is 4. The SMILES string of the molecule is CC(C)(CCS(=O)O)[N+](=O)[O-]. The molecule has 0 aromatic heterocycles. The minimum Gasteiger partial charge on any atom is -0.306 e. The van der Waals surface area contributed by atoms with Crippen LogP contribution >= 0.6 is 0 Å². The Morgan fingerprint density at radius 1 is 1.64 bits per heavy atom. The summed E-state index contributed by atoms with van der Waals surface area (Å²) in [5, 5.41) is 10.3. The number of nitrogens with zero attached hydrogens (tertiary/aromatic N) is 1. The van der Waals surface area contributed by atoms with E-state index in [0.29, 0.717) is 0 Å². The molecule has 1 N–H and O–H groups in total. The molecule has 0 heterocycles. The van der Waals surface area contributed by atoms with Crippen molar-refractivity contribution in [2.24, 2.45) is 0 Å². The Kier molecular flexibility index (Phi) is 3.61. The summed E-state index contributed by atoms with van der Waals surface area (Å²) in [6.45, 7) is 2.86. The molecule has 0 aliphatic heterocycles. The zero-order chi connectivity index (χ0) is 9.07. The second-order valence-corrected chi connectivity index (χ2v) is 3.90. The molecular weight excluding hydrogens is 170 g/mol. The van der Waals surface area contributed by atoms with Crippen LogP contribution in [0.4, 0.5) is 0 Å². The van der Waals surface area contributed by atoms with Crippen molar-refractivity contribution in [3.8, 4) is 0 Å². The van der Waals surface area contributed by atoms with Crippen LogP contribution in [0.3, 0.4) is 0 Å². The van der Waals surface area contributed by atoms with E-state index in [1.54, 1.807) is 0 Å². The Hall–Kier alpha value is -0.490. The summed E-state index contributed by atoms with van der Waals surface area (Å²) in [4.78, 5) is 9.81. The van der Waals surface area contributed by atoms with Gasteiger partial charge in [-0.05, 0) is 0 Å². The van der Waals surface area contributed by atoms with Gasteiger partial charge in [-0.3, -0.25) is 10.1 Å². The Morgan fingerprint density at radius 2 is 2.09 bits per heavy atom. The Morgan fingerprint density at radius 3 is 2.36 bits per heavy atom. The summed E-state index contributed by atoms with van der Waals surface area (Å²) in [6, 6.07) is 0. The van der Waals surface area contributed by atoms with Crippen LogP contribution in [0, 0.1) is 10.1 Å². The largest absolute Gasteiger partial charge is 0.306 e. The van der Waals surface area contributed by atoms with Gasteiger partial charge in [0.15, 0.2) is 11.1 Å². The highest BCUT2D eigenvalue weighted by molar-refractivity contribution is 7.79. The predicted molar refractivity (Wildman–Crippen MR) is 41.3 cm³/mol. The van der Waals surface area contributed by atoms with Crippen LogP contribution in [0.1, 0.15) is 20.3 Å². The fraction of sp³-hybridized carbons (Fsp3) is 1.00. The lowest BCUT2D eigenvalue weighted by Gasteiger charge is -2.13. The molecule has 0 bridgehead atoms. The van der Waals surface area contributed by atoms with Crippen LogP contribution in [-0.4, -0.2) is 25.0 Å². The van der Waals surface area contributed by atoms with E-state index in [0.717, 1.165) is 0 Å². The quantitative estimate of drug-likeness (QED) is 0.392. The van der Waals surface area contributed by atoms with Crippen molar-refractivity contribution in [3.63, 3.8) is 0 Å². The fourth-order valence-electron chi connectivity index (χ4n) is 0.428. The smallest absolute Gasteiger partial charge is 0.217 e. The van der Waals surface area contributed by atoms with E-state index < -0.39 is 21.5 Å². The molecule has 5 nitrogen and oxygen atoms in total. The standard InChI is InChI=1S/C5H11NO4S/c1-5(2,6(7)8)3-4-11(9)10/h3-4H2,1-2H3,(H,9,10). The minimum atomic E-state index is -1.93. The zero-order valence-corrected chi connectivity index (χ0v) is 7.26. The van der Waals surface area contributed by atoms with Crippen LogP contribution in [0.5, 0.6) is 0 Å². The summed E-state index contributed by atoms with van der Waals surface area (Å²) in [6.07, 6.45) is 0.114. The van der Waals surface area contributed by atoms with Gasteiger partial charge in [-0.2, -0.15) is 0 Å². The van der Waals surface area contributed by atoms with Gasteiger partial charge < -0.3 is 4.55 Å². The Labute approximate surface area is 67.2 Å². The molecule has 6 heteroatoms. The van der Waals surface area contributed by atoms with Crippen LogP contribution in [0.25, 0.3) is 0 Å². The lowest BCUT2D eigenvalue weighted by molar-refractivity contribution is -0.560. The highest BCUT2D eigenvalue weighted by Crippen LogP contribution is 2.12. The molecule has 0 aromatic rings. The Bertz CT molecular complexity index is 179. The van der Waals surface area contributed by atoms with Crippen molar-refractivity contribution in [1.29, 1.82) is 0 Å².